The van der Waals surface area contributed by atoms with E-state index < -0.39 is 0 Å². The summed E-state index contributed by atoms with van der Waals surface area (Å²) in [6.45, 7) is 0.519. The first kappa shape index (κ1) is 15.9. The second kappa shape index (κ2) is 6.75. The Morgan fingerprint density at radius 3 is 2.80 bits per heavy atom. The Hall–Kier alpha value is -2.56. The summed E-state index contributed by atoms with van der Waals surface area (Å²) in [5, 5.41) is 0. The van der Waals surface area contributed by atoms with Crippen molar-refractivity contribution in [1.29, 1.82) is 0 Å². The van der Waals surface area contributed by atoms with Gasteiger partial charge in [-0.1, -0.05) is 6.07 Å². The van der Waals surface area contributed by atoms with Crippen LogP contribution in [0.1, 0.15) is 29.6 Å². The fraction of sp³-hybridized carbons (Fsp3) is 0.400. The van der Waals surface area contributed by atoms with Crippen molar-refractivity contribution in [3.05, 3.63) is 54.4 Å². The predicted molar refractivity (Wildman–Crippen MR) is 93.8 cm³/mol. The Morgan fingerprint density at radius 2 is 2.00 bits per heavy atom. The minimum Gasteiger partial charge on any atom is -0.497 e. The number of aromatic nitrogens is 1. The number of carbonyl (C=O) groups is 1. The highest BCUT2D eigenvalue weighted by Gasteiger charge is 2.48. The van der Waals surface area contributed by atoms with Crippen molar-refractivity contribution < 1.29 is 14.3 Å². The van der Waals surface area contributed by atoms with Crippen molar-refractivity contribution in [2.45, 2.75) is 31.3 Å². The molecule has 5 heteroatoms. The van der Waals surface area contributed by atoms with Gasteiger partial charge in [0.15, 0.2) is 0 Å². The maximum absolute atomic E-state index is 13.0. The van der Waals surface area contributed by atoms with E-state index in [0.717, 1.165) is 24.3 Å². The van der Waals surface area contributed by atoms with Crippen molar-refractivity contribution in [3.8, 4) is 11.5 Å². The van der Waals surface area contributed by atoms with Crippen molar-refractivity contribution >= 4 is 5.91 Å². The van der Waals surface area contributed by atoms with Crippen LogP contribution in [0.2, 0.25) is 0 Å². The fourth-order valence-corrected chi connectivity index (χ4v) is 4.14. The molecule has 130 valence electrons. The molecule has 25 heavy (non-hydrogen) atoms. The number of hydrogen-bond donors (Lipinski definition) is 0. The molecule has 1 aliphatic carbocycles. The quantitative estimate of drug-likeness (QED) is 0.840. The number of likely N-dealkylation sites (tertiary alicyclic amines) is 1. The van der Waals surface area contributed by atoms with Gasteiger partial charge in [-0.15, -0.1) is 0 Å². The van der Waals surface area contributed by atoms with Crippen molar-refractivity contribution in [1.82, 2.24) is 9.88 Å². The molecular formula is C20H22N2O3. The maximum Gasteiger partial charge on any atom is 0.254 e. The number of piperidine rings is 1. The summed E-state index contributed by atoms with van der Waals surface area (Å²) in [5.74, 6) is 2.17. The third-order valence-electron chi connectivity index (χ3n) is 5.36. The van der Waals surface area contributed by atoms with Gasteiger partial charge < -0.3 is 14.4 Å². The van der Waals surface area contributed by atoms with Gasteiger partial charge >= 0.3 is 0 Å². The van der Waals surface area contributed by atoms with Crippen LogP contribution in [-0.2, 0) is 0 Å². The van der Waals surface area contributed by atoms with E-state index in [1.807, 2.05) is 29.2 Å². The first-order chi connectivity index (χ1) is 12.3. The zero-order valence-corrected chi connectivity index (χ0v) is 14.3. The van der Waals surface area contributed by atoms with E-state index in [0.29, 0.717) is 24.1 Å². The van der Waals surface area contributed by atoms with Crippen molar-refractivity contribution in [2.75, 3.05) is 13.7 Å². The van der Waals surface area contributed by atoms with E-state index in [-0.39, 0.29) is 11.9 Å². The second-order valence-electron chi connectivity index (χ2n) is 6.73. The molecule has 2 aromatic rings. The lowest BCUT2D eigenvalue weighted by molar-refractivity contribution is 0.0505. The molecule has 2 bridgehead atoms. The average Bonchev–Trinajstić information content (AvgIpc) is 3.28. The molecule has 0 spiro atoms. The Kier molecular flexibility index (Phi) is 4.30. The van der Waals surface area contributed by atoms with Gasteiger partial charge in [0.05, 0.1) is 13.2 Å². The molecule has 0 unspecified atom stereocenters. The Labute approximate surface area is 147 Å². The van der Waals surface area contributed by atoms with Gasteiger partial charge in [-0.05, 0) is 49.4 Å². The molecule has 5 nitrogen and oxygen atoms in total. The first-order valence-corrected chi connectivity index (χ1v) is 8.76. The number of rotatable bonds is 5. The predicted octanol–water partition coefficient (Wildman–Crippen LogP) is 3.16. The van der Waals surface area contributed by atoms with Gasteiger partial charge in [0, 0.05) is 30.1 Å². The standard InChI is InChI=1S/C20H22N2O3/c1-24-17-3-2-4-18(12-17)25-13-19-15-5-6-16(11-15)22(19)20(23)14-7-9-21-10-8-14/h2-4,7-10,12,15-16,19H,5-6,11,13H2,1H3/t15-,16-,19+/m1/s1. The highest BCUT2D eigenvalue weighted by Crippen LogP contribution is 2.43. The number of fused-ring (bicyclic) bond motifs is 2. The zero-order chi connectivity index (χ0) is 17.2. The third-order valence-corrected chi connectivity index (χ3v) is 5.36. The van der Waals surface area contributed by atoms with E-state index >= 15 is 0 Å². The van der Waals surface area contributed by atoms with Gasteiger partial charge in [0.25, 0.3) is 5.91 Å². The SMILES string of the molecule is COc1cccc(OC[C@H]2[C@@H]3CC[C@H](C3)N2C(=O)c2ccncc2)c1. The second-order valence-corrected chi connectivity index (χ2v) is 6.73. The molecule has 1 amide bonds. The van der Waals surface area contributed by atoms with E-state index in [1.165, 1.54) is 6.42 Å². The van der Waals surface area contributed by atoms with Crippen LogP contribution in [-0.4, -0.2) is 41.6 Å². The number of pyridine rings is 1. The van der Waals surface area contributed by atoms with Gasteiger partial charge in [-0.2, -0.15) is 0 Å². The number of carbonyl (C=O) groups excluding carboxylic acids is 1. The number of benzene rings is 1. The molecule has 4 rings (SSSR count). The van der Waals surface area contributed by atoms with Crippen LogP contribution in [0, 0.1) is 5.92 Å². The fourth-order valence-electron chi connectivity index (χ4n) is 4.14. The number of amides is 1. The van der Waals surface area contributed by atoms with Crippen LogP contribution in [0.15, 0.2) is 48.8 Å². The summed E-state index contributed by atoms with van der Waals surface area (Å²) in [4.78, 5) is 19.0. The smallest absolute Gasteiger partial charge is 0.254 e. The summed E-state index contributed by atoms with van der Waals surface area (Å²) in [6.07, 6.45) is 6.70. The van der Waals surface area contributed by atoms with Gasteiger partial charge in [-0.3, -0.25) is 9.78 Å². The van der Waals surface area contributed by atoms with E-state index in [4.69, 9.17) is 9.47 Å². The Balaban J connectivity index is 1.50. The van der Waals surface area contributed by atoms with Crippen LogP contribution in [0.25, 0.3) is 0 Å². The highest BCUT2D eigenvalue weighted by atomic mass is 16.5. The molecule has 2 fully saturated rings. The molecule has 2 heterocycles. The molecule has 1 aliphatic heterocycles. The van der Waals surface area contributed by atoms with E-state index in [1.54, 1.807) is 31.6 Å². The summed E-state index contributed by atoms with van der Waals surface area (Å²) >= 11 is 0. The zero-order valence-electron chi connectivity index (χ0n) is 14.3. The minimum atomic E-state index is 0.0915. The largest absolute Gasteiger partial charge is 0.497 e. The van der Waals surface area contributed by atoms with Gasteiger partial charge in [0.2, 0.25) is 0 Å². The number of hydrogen-bond acceptors (Lipinski definition) is 4. The van der Waals surface area contributed by atoms with Crippen LogP contribution < -0.4 is 9.47 Å². The third kappa shape index (κ3) is 3.06. The lowest BCUT2D eigenvalue weighted by atomic mass is 9.98. The summed E-state index contributed by atoms with van der Waals surface area (Å²) < 4.78 is 11.3. The lowest BCUT2D eigenvalue weighted by Crippen LogP contribution is -2.47. The molecule has 2 aliphatic rings. The number of methoxy groups -OCH3 is 1. The lowest BCUT2D eigenvalue weighted by Gasteiger charge is -2.35. The topological polar surface area (TPSA) is 51.7 Å². The molecule has 1 saturated heterocycles. The highest BCUT2D eigenvalue weighted by molar-refractivity contribution is 5.94. The van der Waals surface area contributed by atoms with Crippen LogP contribution in [0.5, 0.6) is 11.5 Å². The van der Waals surface area contributed by atoms with Gasteiger partial charge in [-0.25, -0.2) is 0 Å². The molecular weight excluding hydrogens is 316 g/mol. The normalized spacial score (nSPS) is 24.4. The number of ether oxygens (including phenoxy) is 2. The summed E-state index contributed by atoms with van der Waals surface area (Å²) in [5.41, 5.74) is 0.703. The molecule has 1 aromatic heterocycles. The van der Waals surface area contributed by atoms with E-state index in [9.17, 15) is 4.79 Å². The summed E-state index contributed by atoms with van der Waals surface area (Å²) in [6, 6.07) is 11.6. The molecule has 0 N–H and O–H groups in total. The van der Waals surface area contributed by atoms with Crippen molar-refractivity contribution in [2.24, 2.45) is 5.92 Å². The monoisotopic (exact) mass is 338 g/mol. The van der Waals surface area contributed by atoms with E-state index in [2.05, 4.69) is 4.98 Å². The Morgan fingerprint density at radius 1 is 1.20 bits per heavy atom. The molecule has 3 atom stereocenters. The molecule has 1 aromatic carbocycles. The average molecular weight is 338 g/mol. The molecule has 0 radical (unpaired) electrons. The van der Waals surface area contributed by atoms with Crippen LogP contribution >= 0.6 is 0 Å². The summed E-state index contributed by atoms with van der Waals surface area (Å²) in [7, 11) is 1.64. The first-order valence-electron chi connectivity index (χ1n) is 8.76. The van der Waals surface area contributed by atoms with Crippen LogP contribution in [0.3, 0.4) is 0 Å². The molecule has 1 saturated carbocycles. The number of nitrogens with zero attached hydrogens (tertiary/aromatic N) is 2. The van der Waals surface area contributed by atoms with Crippen LogP contribution in [0.4, 0.5) is 0 Å². The Bertz CT molecular complexity index is 750. The minimum absolute atomic E-state index is 0.0915. The van der Waals surface area contributed by atoms with Gasteiger partial charge in [0.1, 0.15) is 18.1 Å². The maximum atomic E-state index is 13.0. The van der Waals surface area contributed by atoms with Crippen molar-refractivity contribution in [3.63, 3.8) is 0 Å².